The first kappa shape index (κ1) is 28.1. The van der Waals surface area contributed by atoms with Crippen LogP contribution in [0.25, 0.3) is 0 Å². The molecule has 0 atom stereocenters. The quantitative estimate of drug-likeness (QED) is 0.275. The lowest BCUT2D eigenvalue weighted by Gasteiger charge is -2.24. The first-order valence-corrected chi connectivity index (χ1v) is 14.0. The topological polar surface area (TPSA) is 57.6 Å². The number of amides is 1. The van der Waals surface area contributed by atoms with Crippen LogP contribution in [0.2, 0.25) is 0 Å². The Bertz CT molecular complexity index is 1330. The standard InChI is InChI=1S/C34H36FNO3/c1-2-3-6-26-9-11-27(12-10-26)13-14-28-15-17-29(18-16-28)24-36(33(37)22-19-25-7-4-5-8-25)30-20-21-31(34(38)39)32(35)23-30/h9-12,15-18,20-21,23,25H,2-8,19,22,24H2,1H3,(H,38,39). The van der Waals surface area contributed by atoms with Gasteiger partial charge < -0.3 is 10.0 Å². The number of hydrogen-bond acceptors (Lipinski definition) is 2. The number of aryl methyl sites for hydroxylation is 1. The average molecular weight is 526 g/mol. The molecule has 0 aromatic heterocycles. The Balaban J connectivity index is 1.47. The van der Waals surface area contributed by atoms with Gasteiger partial charge in [-0.2, -0.15) is 0 Å². The van der Waals surface area contributed by atoms with E-state index in [2.05, 4.69) is 43.0 Å². The third-order valence-corrected chi connectivity index (χ3v) is 7.46. The number of carbonyl (C=O) groups is 2. The predicted octanol–water partition coefficient (Wildman–Crippen LogP) is 7.77. The lowest BCUT2D eigenvalue weighted by molar-refractivity contribution is -0.119. The molecule has 0 bridgehead atoms. The molecule has 1 saturated carbocycles. The molecule has 1 aliphatic carbocycles. The van der Waals surface area contributed by atoms with Gasteiger partial charge in [-0.05, 0) is 78.8 Å². The van der Waals surface area contributed by atoms with Crippen LogP contribution in [-0.4, -0.2) is 17.0 Å². The monoisotopic (exact) mass is 525 g/mol. The minimum Gasteiger partial charge on any atom is -0.478 e. The van der Waals surface area contributed by atoms with Crippen molar-refractivity contribution in [1.29, 1.82) is 0 Å². The second-order valence-corrected chi connectivity index (χ2v) is 10.4. The molecule has 0 spiro atoms. The molecule has 1 N–H and O–H groups in total. The van der Waals surface area contributed by atoms with Crippen molar-refractivity contribution in [3.05, 3.63) is 100 Å². The summed E-state index contributed by atoms with van der Waals surface area (Å²) in [4.78, 5) is 26.1. The molecule has 0 unspecified atom stereocenters. The Labute approximate surface area is 230 Å². The van der Waals surface area contributed by atoms with Crippen molar-refractivity contribution in [1.82, 2.24) is 0 Å². The lowest BCUT2D eigenvalue weighted by atomic mass is 10.0. The number of carboxylic acids is 1. The number of hydrogen-bond donors (Lipinski definition) is 1. The summed E-state index contributed by atoms with van der Waals surface area (Å²) in [5.41, 5.74) is 4.00. The van der Waals surface area contributed by atoms with Crippen LogP contribution in [0.1, 0.15) is 90.9 Å². The first-order chi connectivity index (χ1) is 18.9. The molecular formula is C34H36FNO3. The van der Waals surface area contributed by atoms with Crippen LogP contribution < -0.4 is 4.90 Å². The molecular weight excluding hydrogens is 489 g/mol. The lowest BCUT2D eigenvalue weighted by Crippen LogP contribution is -2.30. The number of anilines is 1. The number of halogens is 1. The van der Waals surface area contributed by atoms with Gasteiger partial charge in [0.1, 0.15) is 5.82 Å². The third-order valence-electron chi connectivity index (χ3n) is 7.46. The Morgan fingerprint density at radius 2 is 1.54 bits per heavy atom. The van der Waals surface area contributed by atoms with E-state index < -0.39 is 17.3 Å². The van der Waals surface area contributed by atoms with Gasteiger partial charge in [-0.15, -0.1) is 0 Å². The van der Waals surface area contributed by atoms with Gasteiger partial charge in [0.25, 0.3) is 0 Å². The molecule has 1 fully saturated rings. The SMILES string of the molecule is CCCCc1ccc(C#Cc2ccc(CN(C(=O)CCC3CCCC3)c3ccc(C(=O)O)c(F)c3)cc2)cc1. The first-order valence-electron chi connectivity index (χ1n) is 14.0. The molecule has 4 rings (SSSR count). The number of unbranched alkanes of at least 4 members (excludes halogenated alkanes) is 1. The Hall–Kier alpha value is -3.91. The number of carboxylic acid groups (broad SMARTS) is 1. The van der Waals surface area contributed by atoms with Gasteiger partial charge in [-0.1, -0.05) is 75.1 Å². The number of carbonyl (C=O) groups excluding carboxylic acids is 1. The van der Waals surface area contributed by atoms with Gasteiger partial charge >= 0.3 is 5.97 Å². The van der Waals surface area contributed by atoms with E-state index in [9.17, 15) is 19.1 Å². The fourth-order valence-corrected chi connectivity index (χ4v) is 5.09. The summed E-state index contributed by atoms with van der Waals surface area (Å²) < 4.78 is 14.5. The van der Waals surface area contributed by atoms with Crippen molar-refractivity contribution < 1.29 is 19.1 Å². The molecule has 4 nitrogen and oxygen atoms in total. The van der Waals surface area contributed by atoms with Crippen LogP contribution in [0.5, 0.6) is 0 Å². The molecule has 1 amide bonds. The summed E-state index contributed by atoms with van der Waals surface area (Å²) >= 11 is 0. The zero-order valence-corrected chi connectivity index (χ0v) is 22.6. The summed E-state index contributed by atoms with van der Waals surface area (Å²) in [7, 11) is 0. The van der Waals surface area contributed by atoms with E-state index in [0.29, 0.717) is 18.0 Å². The van der Waals surface area contributed by atoms with Gasteiger partial charge in [0.2, 0.25) is 5.91 Å². The highest BCUT2D eigenvalue weighted by atomic mass is 19.1. The minimum absolute atomic E-state index is 0.0874. The van der Waals surface area contributed by atoms with Crippen molar-refractivity contribution >= 4 is 17.6 Å². The molecule has 3 aromatic carbocycles. The Morgan fingerprint density at radius 3 is 2.10 bits per heavy atom. The van der Waals surface area contributed by atoms with E-state index in [1.807, 2.05) is 24.3 Å². The second-order valence-electron chi connectivity index (χ2n) is 10.4. The fourth-order valence-electron chi connectivity index (χ4n) is 5.09. The maximum atomic E-state index is 14.5. The molecule has 0 aliphatic heterocycles. The molecule has 202 valence electrons. The molecule has 1 aliphatic rings. The molecule has 39 heavy (non-hydrogen) atoms. The average Bonchev–Trinajstić information content (AvgIpc) is 3.47. The summed E-state index contributed by atoms with van der Waals surface area (Å²) in [6, 6.07) is 19.9. The highest BCUT2D eigenvalue weighted by Crippen LogP contribution is 2.30. The van der Waals surface area contributed by atoms with Crippen LogP contribution in [-0.2, 0) is 17.8 Å². The normalized spacial score (nSPS) is 13.1. The van der Waals surface area contributed by atoms with Crippen LogP contribution in [0.3, 0.4) is 0 Å². The zero-order valence-electron chi connectivity index (χ0n) is 22.6. The second kappa shape index (κ2) is 13.8. The molecule has 0 radical (unpaired) electrons. The molecule has 0 saturated heterocycles. The smallest absolute Gasteiger partial charge is 0.338 e. The maximum absolute atomic E-state index is 14.5. The Kier molecular flexibility index (Phi) is 9.91. The van der Waals surface area contributed by atoms with Crippen molar-refractivity contribution in [2.45, 2.75) is 71.3 Å². The molecule has 5 heteroatoms. The van der Waals surface area contributed by atoms with Gasteiger partial charge in [0.15, 0.2) is 0 Å². The summed E-state index contributed by atoms with van der Waals surface area (Å²) in [6.07, 6.45) is 9.38. The van der Waals surface area contributed by atoms with Crippen LogP contribution in [0, 0.1) is 23.6 Å². The highest BCUT2D eigenvalue weighted by molar-refractivity contribution is 5.94. The van der Waals surface area contributed by atoms with Gasteiger partial charge in [0, 0.05) is 23.2 Å². The number of aromatic carboxylic acids is 1. The van der Waals surface area contributed by atoms with Gasteiger partial charge in [-0.25, -0.2) is 9.18 Å². The summed E-state index contributed by atoms with van der Waals surface area (Å²) in [5, 5.41) is 9.20. The largest absolute Gasteiger partial charge is 0.478 e. The fraction of sp³-hybridized carbons (Fsp3) is 0.353. The van der Waals surface area contributed by atoms with E-state index >= 15 is 0 Å². The van der Waals surface area contributed by atoms with E-state index in [1.165, 1.54) is 43.4 Å². The summed E-state index contributed by atoms with van der Waals surface area (Å²) in [6.45, 7) is 2.46. The third kappa shape index (κ3) is 8.04. The number of nitrogens with zero attached hydrogens (tertiary/aromatic N) is 1. The maximum Gasteiger partial charge on any atom is 0.338 e. The zero-order chi connectivity index (χ0) is 27.6. The van der Waals surface area contributed by atoms with Crippen molar-refractivity contribution in [2.75, 3.05) is 4.90 Å². The van der Waals surface area contributed by atoms with Crippen molar-refractivity contribution in [2.24, 2.45) is 5.92 Å². The minimum atomic E-state index is -1.33. The number of rotatable bonds is 10. The predicted molar refractivity (Wildman–Crippen MR) is 153 cm³/mol. The van der Waals surface area contributed by atoms with Crippen LogP contribution >= 0.6 is 0 Å². The van der Waals surface area contributed by atoms with E-state index in [0.717, 1.165) is 48.4 Å². The highest BCUT2D eigenvalue weighted by Gasteiger charge is 2.22. The van der Waals surface area contributed by atoms with E-state index in [1.54, 1.807) is 4.90 Å². The molecule has 3 aromatic rings. The van der Waals surface area contributed by atoms with Crippen molar-refractivity contribution in [3.63, 3.8) is 0 Å². The summed E-state index contributed by atoms with van der Waals surface area (Å²) in [5.74, 6) is 4.70. The van der Waals surface area contributed by atoms with Gasteiger partial charge in [0.05, 0.1) is 12.1 Å². The van der Waals surface area contributed by atoms with Crippen molar-refractivity contribution in [3.8, 4) is 11.8 Å². The van der Waals surface area contributed by atoms with Crippen LogP contribution in [0.15, 0.2) is 66.7 Å². The Morgan fingerprint density at radius 1 is 0.923 bits per heavy atom. The number of benzene rings is 3. The van der Waals surface area contributed by atoms with E-state index in [4.69, 9.17) is 0 Å². The van der Waals surface area contributed by atoms with E-state index in [-0.39, 0.29) is 12.5 Å². The molecule has 0 heterocycles. The van der Waals surface area contributed by atoms with Crippen LogP contribution in [0.4, 0.5) is 10.1 Å². The van der Waals surface area contributed by atoms with Gasteiger partial charge in [-0.3, -0.25) is 4.79 Å².